The van der Waals surface area contributed by atoms with Crippen molar-refractivity contribution in [1.82, 2.24) is 99.3 Å². The van der Waals surface area contributed by atoms with Crippen molar-refractivity contribution in [2.45, 2.75) is 19.6 Å². The van der Waals surface area contributed by atoms with Gasteiger partial charge in [-0.05, 0) is 72.8 Å². The van der Waals surface area contributed by atoms with E-state index < -0.39 is 0 Å². The summed E-state index contributed by atoms with van der Waals surface area (Å²) < 4.78 is 51.8. The molecule has 17 rings (SSSR count). The van der Waals surface area contributed by atoms with Crippen LogP contribution in [0.2, 0.25) is 10.0 Å². The molecule has 0 aliphatic carbocycles. The molecule has 680 valence electrons. The van der Waals surface area contributed by atoms with Crippen LogP contribution in [-0.4, -0.2) is 225 Å². The third-order valence-electron chi connectivity index (χ3n) is 20.9. The second kappa shape index (κ2) is 43.1. The van der Waals surface area contributed by atoms with Crippen LogP contribution in [0.1, 0.15) is 5.69 Å². The van der Waals surface area contributed by atoms with E-state index in [9.17, 15) is 20.1 Å². The Morgan fingerprint density at radius 2 is 0.742 bits per heavy atom. The van der Waals surface area contributed by atoms with Crippen LogP contribution in [0.5, 0.6) is 46.0 Å². The van der Waals surface area contributed by atoms with Crippen LogP contribution in [0.25, 0.3) is 89.2 Å². The molecule has 39 heteroatoms. The maximum atomic E-state index is 11.6. The molecule has 0 spiro atoms. The summed E-state index contributed by atoms with van der Waals surface area (Å²) in [6.45, 7) is 2.45. The number of aryl methyl sites for hydroxylation is 3. The third kappa shape index (κ3) is 21.9. The average molecular weight is 1830 g/mol. The summed E-state index contributed by atoms with van der Waals surface area (Å²) in [6, 6.07) is 41.7. The fourth-order valence-electron chi connectivity index (χ4n) is 14.3. The second-order valence-electron chi connectivity index (χ2n) is 29.5. The van der Waals surface area contributed by atoms with Crippen LogP contribution in [0.4, 0.5) is 45.5 Å². The highest BCUT2D eigenvalue weighted by molar-refractivity contribution is 6.35. The number of aliphatic hydroxyl groups excluding tert-OH is 3. The number of carbonyl (C=O) groups excluding carboxylic acids is 1. The molecule has 17 aromatic rings. The highest BCUT2D eigenvalue weighted by Crippen LogP contribution is 2.45. The number of nitrogens with two attached hydrogens (primary N) is 1. The molecule has 9 heterocycles. The molecule has 0 saturated carbocycles. The van der Waals surface area contributed by atoms with Crippen LogP contribution in [0.3, 0.4) is 0 Å². The summed E-state index contributed by atoms with van der Waals surface area (Å²) in [6.07, 6.45) is 23.1. The van der Waals surface area contributed by atoms with Crippen LogP contribution >= 0.6 is 23.2 Å². The number of likely N-dealkylation sites (N-methyl/N-ethyl adjacent to an activating group) is 1. The molecule has 132 heavy (non-hydrogen) atoms. The lowest BCUT2D eigenvalue weighted by molar-refractivity contribution is -0.121. The van der Waals surface area contributed by atoms with Crippen molar-refractivity contribution >= 4 is 119 Å². The molecule has 0 aliphatic rings. The molecule has 0 unspecified atom stereocenters. The first-order valence-electron chi connectivity index (χ1n) is 41.3. The number of halogens is 2. The number of aromatic nitrogens is 19. The smallest absolute Gasteiger partial charge is 0.241 e. The van der Waals surface area contributed by atoms with Gasteiger partial charge in [0.25, 0.3) is 0 Å². The lowest BCUT2D eigenvalue weighted by atomic mass is 10.2. The molecule has 6 N–H and O–H groups in total. The number of hydrogen-bond acceptors (Lipinski definition) is 31. The Balaban J connectivity index is 0.000000142. The standard InChI is InChI=1S/C25H26N8O3.C24H27N7O3.2C22H22ClN5O3/c1-31-14-17(12-27-31)25-13-26-23-5-4-19(10-24(23)28-25)33(16-18-15-32(6-7-34)30-29-18)20-8-21(35-2)11-22(9-20)36-3;1-26-24(32)15-30-14-16(12-28-30)23-13-27-21-5-4-17(10-22(21)29-23)31(7-6-25)18-8-19(33-2)11-20(9-18)34-3;2*1-27-13-14(11-25-27)19-12-24-17-5-4-15(8-18(17)26-19)28(6-7-29)20-9-16(30-2)10-21(31-3)22(20)23/h4-5,8-15,34H,6-7,16H2,1-3H3;4-5,8-14H,6-7,15,25H2,1-3H3,(H,26,32);2*4-5,8-13,29H,6-7H2,1-3H3. The number of ether oxygens (including phenoxy) is 8. The van der Waals surface area contributed by atoms with E-state index in [1.54, 1.807) is 155 Å². The fraction of sp³-hybridized carbons (Fsp3) is 0.237. The minimum Gasteiger partial charge on any atom is -0.497 e. The Labute approximate surface area is 768 Å². The Kier molecular flexibility index (Phi) is 30.3. The summed E-state index contributed by atoms with van der Waals surface area (Å²) in [5, 5.41) is 57.4. The number of nitrogens with zero attached hydrogens (tertiary/aromatic N) is 23. The first-order valence-corrected chi connectivity index (χ1v) is 42.0. The van der Waals surface area contributed by atoms with E-state index in [0.717, 1.165) is 112 Å². The summed E-state index contributed by atoms with van der Waals surface area (Å²) in [7, 11) is 19.9. The van der Waals surface area contributed by atoms with Crippen molar-refractivity contribution in [2.75, 3.05) is 130 Å². The van der Waals surface area contributed by atoms with Gasteiger partial charge in [-0.1, -0.05) is 28.4 Å². The van der Waals surface area contributed by atoms with Gasteiger partial charge in [0.05, 0.1) is 224 Å². The number of amides is 1. The van der Waals surface area contributed by atoms with Crippen LogP contribution < -0.4 is 68.5 Å². The van der Waals surface area contributed by atoms with E-state index in [1.807, 2.05) is 177 Å². The topological polar surface area (TPSA) is 408 Å². The zero-order chi connectivity index (χ0) is 93.1. The largest absolute Gasteiger partial charge is 0.497 e. The van der Waals surface area contributed by atoms with Gasteiger partial charge in [0, 0.05) is 196 Å². The molecule has 0 atom stereocenters. The van der Waals surface area contributed by atoms with Crippen molar-refractivity contribution in [2.24, 2.45) is 26.9 Å². The minimum atomic E-state index is -0.127. The van der Waals surface area contributed by atoms with E-state index in [0.29, 0.717) is 123 Å². The second-order valence-corrected chi connectivity index (χ2v) is 30.2. The zero-order valence-corrected chi connectivity index (χ0v) is 75.9. The highest BCUT2D eigenvalue weighted by atomic mass is 35.5. The van der Waals surface area contributed by atoms with Gasteiger partial charge >= 0.3 is 0 Å². The molecular weight excluding hydrogens is 1730 g/mol. The van der Waals surface area contributed by atoms with Crippen molar-refractivity contribution in [3.05, 3.63) is 230 Å². The Bertz CT molecular complexity index is 6640. The van der Waals surface area contributed by atoms with E-state index >= 15 is 0 Å². The van der Waals surface area contributed by atoms with E-state index in [2.05, 4.69) is 65.8 Å². The molecule has 9 aromatic heterocycles. The molecule has 1 amide bonds. The number of nitrogens with one attached hydrogen (secondary N) is 1. The SMILES string of the molecule is CNC(=O)Cn1cc(-c2cnc3ccc(N(CCN)c4cc(OC)cc(OC)c4)cc3n2)cn1.COc1cc(OC)c(Cl)c(N(CCO)c2ccc3ncc(-c4cnn(C)c4)nc3c2)c1.COc1cc(OC)c(Cl)c(N(CCO)c2ccc3ncc(-c4cnn(C)c4)nc3c2)c1.COc1cc(OC)cc(N(Cc2cn(CCO)nn2)c2ccc3ncc(-c4cnn(C)c4)nc3c2)c1. The Morgan fingerprint density at radius 3 is 1.08 bits per heavy atom. The van der Waals surface area contributed by atoms with Crippen molar-refractivity contribution < 1.29 is 58.0 Å². The third-order valence-corrected chi connectivity index (χ3v) is 21.6. The molecule has 0 saturated heterocycles. The average Bonchev–Trinajstić information content (AvgIpc) is 0.867. The van der Waals surface area contributed by atoms with E-state index in [1.165, 1.54) is 0 Å². The van der Waals surface area contributed by atoms with Gasteiger partial charge in [0.15, 0.2) is 0 Å². The summed E-state index contributed by atoms with van der Waals surface area (Å²) in [5.74, 6) is 4.74. The van der Waals surface area contributed by atoms with E-state index in [-0.39, 0.29) is 32.3 Å². The number of methoxy groups -OCH3 is 8. The van der Waals surface area contributed by atoms with Gasteiger partial charge in [-0.25, -0.2) is 24.6 Å². The Morgan fingerprint density at radius 1 is 0.386 bits per heavy atom. The molecule has 8 aromatic carbocycles. The van der Waals surface area contributed by atoms with Crippen molar-refractivity contribution in [3.8, 4) is 91.0 Å². The molecule has 0 bridgehead atoms. The van der Waals surface area contributed by atoms with Gasteiger partial charge in [-0.15, -0.1) is 5.10 Å². The number of anilines is 8. The van der Waals surface area contributed by atoms with E-state index in [4.69, 9.17) is 86.8 Å². The maximum absolute atomic E-state index is 11.6. The van der Waals surface area contributed by atoms with Crippen LogP contribution in [-0.2, 0) is 45.6 Å². The molecular formula is C93H97Cl2N25O12. The molecule has 37 nitrogen and oxygen atoms in total. The number of hydrogen-bond donors (Lipinski definition) is 5. The summed E-state index contributed by atoms with van der Waals surface area (Å²) in [5.41, 5.74) is 25.4. The van der Waals surface area contributed by atoms with Gasteiger partial charge in [-0.3, -0.25) is 43.5 Å². The fourth-order valence-corrected chi connectivity index (χ4v) is 14.8. The number of aliphatic hydroxyl groups is 3. The first-order chi connectivity index (χ1) is 64.2. The van der Waals surface area contributed by atoms with Crippen molar-refractivity contribution in [1.29, 1.82) is 0 Å². The monoisotopic (exact) mass is 1830 g/mol. The summed E-state index contributed by atoms with van der Waals surface area (Å²) >= 11 is 13.2. The summed E-state index contributed by atoms with van der Waals surface area (Å²) in [4.78, 5) is 56.9. The van der Waals surface area contributed by atoms with Crippen molar-refractivity contribution in [3.63, 3.8) is 0 Å². The maximum Gasteiger partial charge on any atom is 0.241 e. The van der Waals surface area contributed by atoms with Gasteiger partial charge in [-0.2, -0.15) is 20.4 Å². The Hall–Kier alpha value is -15.4. The zero-order valence-electron chi connectivity index (χ0n) is 74.4. The highest BCUT2D eigenvalue weighted by Gasteiger charge is 2.25. The predicted octanol–water partition coefficient (Wildman–Crippen LogP) is 13.0. The molecule has 0 aliphatic heterocycles. The van der Waals surface area contributed by atoms with Gasteiger partial charge in [0.2, 0.25) is 5.91 Å². The minimum absolute atomic E-state index is 0.0117. The number of fused-ring (bicyclic) bond motifs is 4. The lowest BCUT2D eigenvalue weighted by Gasteiger charge is -2.26. The predicted molar refractivity (Wildman–Crippen MR) is 505 cm³/mol. The number of benzene rings is 8. The van der Waals surface area contributed by atoms with Crippen LogP contribution in [0, 0.1) is 0 Å². The van der Waals surface area contributed by atoms with Gasteiger partial charge in [0.1, 0.15) is 68.3 Å². The molecule has 0 radical (unpaired) electrons. The van der Waals surface area contributed by atoms with Gasteiger partial charge < -0.3 is 83.9 Å². The number of rotatable bonds is 32. The lowest BCUT2D eigenvalue weighted by Crippen LogP contribution is -2.24. The quantitative estimate of drug-likeness (QED) is 0.0261. The molecule has 0 fully saturated rings. The number of carbonyl (C=O) groups is 1. The normalized spacial score (nSPS) is 11.0. The van der Waals surface area contributed by atoms with Crippen LogP contribution in [0.15, 0.2) is 214 Å². The first kappa shape index (κ1) is 92.8.